The molecule has 7 atom stereocenters. The molecule has 0 saturated heterocycles. The lowest BCUT2D eigenvalue weighted by molar-refractivity contribution is -0.161. The van der Waals surface area contributed by atoms with Gasteiger partial charge < -0.3 is 33.8 Å². The van der Waals surface area contributed by atoms with Crippen molar-refractivity contribution in [2.75, 3.05) is 39.6 Å². The van der Waals surface area contributed by atoms with E-state index in [-0.39, 0.29) is 25.7 Å². The van der Waals surface area contributed by atoms with E-state index in [2.05, 4.69) is 55.4 Å². The van der Waals surface area contributed by atoms with Gasteiger partial charge in [-0.1, -0.05) is 434 Å². The Morgan fingerprint density at radius 2 is 0.432 bits per heavy atom. The highest BCUT2D eigenvalue weighted by molar-refractivity contribution is 7.47. The molecule has 0 aliphatic rings. The van der Waals surface area contributed by atoms with Crippen LogP contribution >= 0.6 is 15.6 Å². The van der Waals surface area contributed by atoms with Crippen molar-refractivity contribution >= 4 is 39.5 Å². The summed E-state index contributed by atoms with van der Waals surface area (Å²) in [6.07, 6.45) is 72.4. The van der Waals surface area contributed by atoms with Crippen LogP contribution in [-0.2, 0) is 65.4 Å². The van der Waals surface area contributed by atoms with Crippen LogP contribution in [0.2, 0.25) is 0 Å². The largest absolute Gasteiger partial charge is 0.472 e. The summed E-state index contributed by atoms with van der Waals surface area (Å²) in [5.41, 5.74) is 0. The first-order valence-electron chi connectivity index (χ1n) is 47.3. The highest BCUT2D eigenvalue weighted by Gasteiger charge is 2.31. The third-order valence-corrected chi connectivity index (χ3v) is 24.2. The molecule has 0 aromatic carbocycles. The van der Waals surface area contributed by atoms with Gasteiger partial charge in [-0.3, -0.25) is 37.3 Å². The van der Waals surface area contributed by atoms with Crippen LogP contribution in [0.15, 0.2) is 0 Å². The SMILES string of the molecule is CCC(C)CCCCCCCCCCCCCCCCCCCCC(=O)OC[C@H](COP(=O)(O)OCC(O)COP(=O)(O)OC[C@@H](COC(=O)CCCCCCCCCC(C)C)OC(=O)CCCCCCCCCCCCCCCCCCCCC(C)CC)OC(=O)CCCCCCCCCCCCCCCCC(C)C. The van der Waals surface area contributed by atoms with Crippen LogP contribution in [0.3, 0.4) is 0 Å². The number of phosphoric acid groups is 2. The van der Waals surface area contributed by atoms with Gasteiger partial charge in [0.25, 0.3) is 0 Å². The Bertz CT molecular complexity index is 2150. The van der Waals surface area contributed by atoms with Gasteiger partial charge in [0, 0.05) is 25.7 Å². The van der Waals surface area contributed by atoms with E-state index in [0.29, 0.717) is 31.6 Å². The summed E-state index contributed by atoms with van der Waals surface area (Å²) in [7, 11) is -9.94. The first-order chi connectivity index (χ1) is 53.7. The Hall–Kier alpha value is -1.94. The Morgan fingerprint density at radius 1 is 0.252 bits per heavy atom. The standard InChI is InChI=1S/C92H180O17P2/c1-9-84(7)70-62-54-46-38-32-26-19-15-11-13-17-21-28-34-40-48-56-64-72-89(94)102-78-87(108-91(96)75-67-59-50-42-36-30-24-23-25-31-37-44-52-60-68-82(3)4)80-106-110(98,99)104-76-86(93)77-105-111(100,101)107-81-88(79-103-90(95)73-65-57-51-43-45-53-61-69-83(5)6)109-92(97)74-66-58-49-41-35-29-22-18-14-12-16-20-27-33-39-47-55-63-71-85(8)10-2/h82-88,93H,9-81H2,1-8H3,(H,98,99)(H,100,101)/t84?,85?,86?,87-,88-/m1/s1. The van der Waals surface area contributed by atoms with Gasteiger partial charge >= 0.3 is 39.5 Å². The summed E-state index contributed by atoms with van der Waals surface area (Å²) >= 11 is 0. The number of aliphatic hydroxyl groups is 1. The van der Waals surface area contributed by atoms with E-state index in [1.54, 1.807) is 0 Å². The highest BCUT2D eigenvalue weighted by atomic mass is 31.2. The van der Waals surface area contributed by atoms with E-state index >= 15 is 0 Å². The van der Waals surface area contributed by atoms with Gasteiger partial charge in [-0.05, 0) is 49.4 Å². The summed E-state index contributed by atoms with van der Waals surface area (Å²) in [5.74, 6) is 1.14. The second kappa shape index (κ2) is 80.5. The average molecular weight is 1620 g/mol. The van der Waals surface area contributed by atoms with E-state index < -0.39 is 97.5 Å². The van der Waals surface area contributed by atoms with Gasteiger partial charge in [-0.15, -0.1) is 0 Å². The molecule has 0 fully saturated rings. The minimum atomic E-state index is -4.97. The molecule has 0 saturated carbocycles. The Kier molecular flexibility index (Phi) is 79.1. The first kappa shape index (κ1) is 109. The van der Waals surface area contributed by atoms with Gasteiger partial charge in [0.15, 0.2) is 12.2 Å². The molecular weight excluding hydrogens is 1440 g/mol. The summed E-state index contributed by atoms with van der Waals surface area (Å²) in [5, 5.41) is 10.7. The number of ether oxygens (including phenoxy) is 4. The molecule has 0 aliphatic heterocycles. The highest BCUT2D eigenvalue weighted by Crippen LogP contribution is 2.45. The fourth-order valence-electron chi connectivity index (χ4n) is 14.3. The third kappa shape index (κ3) is 82.9. The van der Waals surface area contributed by atoms with Gasteiger partial charge in [0.05, 0.1) is 26.4 Å². The van der Waals surface area contributed by atoms with Crippen LogP contribution in [0.4, 0.5) is 0 Å². The third-order valence-electron chi connectivity index (χ3n) is 22.3. The van der Waals surface area contributed by atoms with Gasteiger partial charge in [0.2, 0.25) is 0 Å². The summed E-state index contributed by atoms with van der Waals surface area (Å²) in [4.78, 5) is 73.4. The Balaban J connectivity index is 5.19. The maximum absolute atomic E-state index is 13.2. The minimum Gasteiger partial charge on any atom is -0.462 e. The smallest absolute Gasteiger partial charge is 0.462 e. The van der Waals surface area contributed by atoms with E-state index in [9.17, 15) is 43.2 Å². The van der Waals surface area contributed by atoms with Crippen molar-refractivity contribution in [2.24, 2.45) is 23.7 Å². The molecule has 0 radical (unpaired) electrons. The molecule has 0 amide bonds. The van der Waals surface area contributed by atoms with Crippen LogP contribution < -0.4 is 0 Å². The van der Waals surface area contributed by atoms with Crippen molar-refractivity contribution in [3.63, 3.8) is 0 Å². The number of rotatable bonds is 89. The molecule has 0 aromatic heterocycles. The van der Waals surface area contributed by atoms with E-state index in [1.165, 1.54) is 283 Å². The monoisotopic (exact) mass is 1620 g/mol. The van der Waals surface area contributed by atoms with Crippen LogP contribution in [0.25, 0.3) is 0 Å². The molecule has 3 N–H and O–H groups in total. The van der Waals surface area contributed by atoms with E-state index in [0.717, 1.165) is 114 Å². The van der Waals surface area contributed by atoms with Crippen LogP contribution in [0, 0.1) is 23.7 Å². The lowest BCUT2D eigenvalue weighted by Gasteiger charge is -2.21. The first-order valence-corrected chi connectivity index (χ1v) is 50.3. The number of unbranched alkanes of at least 4 members (excludes halogenated alkanes) is 53. The minimum absolute atomic E-state index is 0.107. The maximum atomic E-state index is 13.2. The zero-order chi connectivity index (χ0) is 81.6. The summed E-state index contributed by atoms with van der Waals surface area (Å²) < 4.78 is 69.0. The van der Waals surface area contributed by atoms with Crippen LogP contribution in [-0.4, -0.2) is 96.7 Å². The van der Waals surface area contributed by atoms with Crippen molar-refractivity contribution in [1.82, 2.24) is 0 Å². The van der Waals surface area contributed by atoms with Crippen molar-refractivity contribution in [3.05, 3.63) is 0 Å². The van der Waals surface area contributed by atoms with Crippen molar-refractivity contribution < 1.29 is 80.2 Å². The number of phosphoric ester groups is 2. The Morgan fingerprint density at radius 3 is 0.640 bits per heavy atom. The van der Waals surface area contributed by atoms with E-state index in [1.807, 2.05) is 0 Å². The topological polar surface area (TPSA) is 237 Å². The molecule has 0 heterocycles. The molecular formula is C92H180O17P2. The van der Waals surface area contributed by atoms with Crippen molar-refractivity contribution in [3.8, 4) is 0 Å². The lowest BCUT2D eigenvalue weighted by Crippen LogP contribution is -2.30. The van der Waals surface area contributed by atoms with Crippen molar-refractivity contribution in [1.29, 1.82) is 0 Å². The molecule has 0 aliphatic carbocycles. The molecule has 0 spiro atoms. The number of hydrogen-bond donors (Lipinski definition) is 3. The molecule has 0 rings (SSSR count). The molecule has 17 nitrogen and oxygen atoms in total. The Labute approximate surface area is 683 Å². The second-order valence-corrected chi connectivity index (χ2v) is 37.4. The molecule has 660 valence electrons. The molecule has 19 heteroatoms. The van der Waals surface area contributed by atoms with Crippen LogP contribution in [0.1, 0.15) is 486 Å². The quantitative estimate of drug-likeness (QED) is 0.0222. The van der Waals surface area contributed by atoms with Crippen molar-refractivity contribution in [2.45, 2.75) is 504 Å². The molecule has 111 heavy (non-hydrogen) atoms. The molecule has 0 bridgehead atoms. The molecule has 5 unspecified atom stereocenters. The number of carbonyl (C=O) groups is 4. The fraction of sp³-hybridized carbons (Fsp3) is 0.957. The van der Waals surface area contributed by atoms with Gasteiger partial charge in [0.1, 0.15) is 19.3 Å². The summed E-state index contributed by atoms with van der Waals surface area (Å²) in [6.45, 7) is 14.4. The zero-order valence-corrected chi connectivity index (χ0v) is 75.4. The summed E-state index contributed by atoms with van der Waals surface area (Å²) in [6, 6.07) is 0. The molecule has 0 aromatic rings. The average Bonchev–Trinajstić information content (AvgIpc) is 0.899. The number of esters is 4. The second-order valence-electron chi connectivity index (χ2n) is 34.5. The normalized spacial score (nSPS) is 14.3. The van der Waals surface area contributed by atoms with Gasteiger partial charge in [-0.2, -0.15) is 0 Å². The lowest BCUT2D eigenvalue weighted by atomic mass is 9.99. The maximum Gasteiger partial charge on any atom is 0.472 e. The predicted molar refractivity (Wildman–Crippen MR) is 460 cm³/mol. The van der Waals surface area contributed by atoms with Crippen LogP contribution in [0.5, 0.6) is 0 Å². The number of hydrogen-bond acceptors (Lipinski definition) is 15. The number of carbonyl (C=O) groups excluding carboxylic acids is 4. The predicted octanol–water partition coefficient (Wildman–Crippen LogP) is 28.3. The van der Waals surface area contributed by atoms with Gasteiger partial charge in [-0.25, -0.2) is 9.13 Å². The number of aliphatic hydroxyl groups excluding tert-OH is 1. The fourth-order valence-corrected chi connectivity index (χ4v) is 15.9. The zero-order valence-electron chi connectivity index (χ0n) is 73.6. The van der Waals surface area contributed by atoms with E-state index in [4.69, 9.17) is 37.0 Å².